The van der Waals surface area contributed by atoms with Crippen LogP contribution in [0.5, 0.6) is 0 Å². The Balaban J connectivity index is 2.34. The lowest BCUT2D eigenvalue weighted by Gasteiger charge is -2.33. The Hall–Kier alpha value is -0.610. The molecular formula is C13H26N2O2. The fourth-order valence-corrected chi connectivity index (χ4v) is 2.40. The van der Waals surface area contributed by atoms with Gasteiger partial charge in [-0.15, -0.1) is 0 Å². The molecule has 1 fully saturated rings. The number of ether oxygens (including phenoxy) is 1. The first kappa shape index (κ1) is 14.5. The molecule has 0 aromatic rings. The highest BCUT2D eigenvalue weighted by atomic mass is 16.5. The van der Waals surface area contributed by atoms with E-state index in [1.165, 1.54) is 6.42 Å². The van der Waals surface area contributed by atoms with Gasteiger partial charge in [0, 0.05) is 0 Å². The van der Waals surface area contributed by atoms with E-state index < -0.39 is 0 Å². The van der Waals surface area contributed by atoms with Crippen molar-refractivity contribution in [1.29, 1.82) is 0 Å². The maximum Gasteiger partial charge on any atom is 0.323 e. The van der Waals surface area contributed by atoms with Crippen LogP contribution in [0.3, 0.4) is 0 Å². The summed E-state index contributed by atoms with van der Waals surface area (Å²) in [6.07, 6.45) is 6.67. The molecule has 0 spiro atoms. The minimum atomic E-state index is -0.0361. The third-order valence-electron chi connectivity index (χ3n) is 3.32. The first-order chi connectivity index (χ1) is 8.29. The van der Waals surface area contributed by atoms with Gasteiger partial charge < -0.3 is 10.5 Å². The third-order valence-corrected chi connectivity index (χ3v) is 3.32. The number of nitrogens with two attached hydrogens (primary N) is 1. The van der Waals surface area contributed by atoms with E-state index in [0.29, 0.717) is 6.61 Å². The number of carbonyl (C=O) groups is 1. The van der Waals surface area contributed by atoms with Gasteiger partial charge in [-0.3, -0.25) is 9.69 Å². The molecule has 4 nitrogen and oxygen atoms in total. The summed E-state index contributed by atoms with van der Waals surface area (Å²) in [5.74, 6) is -0.0361. The Morgan fingerprint density at radius 3 is 2.88 bits per heavy atom. The number of unbranched alkanes of at least 4 members (excludes halogenated alkanes) is 2. The normalized spacial score (nSPS) is 21.4. The van der Waals surface area contributed by atoms with Crippen LogP contribution in [-0.4, -0.2) is 43.2 Å². The van der Waals surface area contributed by atoms with Gasteiger partial charge in [-0.05, 0) is 52.2 Å². The number of esters is 1. The molecule has 1 atom stereocenters. The van der Waals surface area contributed by atoms with Crippen molar-refractivity contribution in [3.05, 3.63) is 0 Å². The number of rotatable bonds is 7. The van der Waals surface area contributed by atoms with Gasteiger partial charge in [0.15, 0.2) is 0 Å². The first-order valence-corrected chi connectivity index (χ1v) is 6.90. The Morgan fingerprint density at radius 1 is 1.35 bits per heavy atom. The molecule has 1 unspecified atom stereocenters. The predicted octanol–water partition coefficient (Wildman–Crippen LogP) is 1.53. The summed E-state index contributed by atoms with van der Waals surface area (Å²) >= 11 is 0. The highest BCUT2D eigenvalue weighted by Gasteiger charge is 2.28. The zero-order valence-corrected chi connectivity index (χ0v) is 11.0. The zero-order valence-electron chi connectivity index (χ0n) is 11.0. The van der Waals surface area contributed by atoms with Crippen LogP contribution in [0.1, 0.15) is 45.4 Å². The number of hydrogen-bond donors (Lipinski definition) is 1. The summed E-state index contributed by atoms with van der Waals surface area (Å²) in [5.41, 5.74) is 5.48. The van der Waals surface area contributed by atoms with E-state index in [2.05, 4.69) is 4.90 Å². The Kier molecular flexibility index (Phi) is 7.21. The predicted molar refractivity (Wildman–Crippen MR) is 68.8 cm³/mol. The fraction of sp³-hybridized carbons (Fsp3) is 0.923. The smallest absolute Gasteiger partial charge is 0.323 e. The summed E-state index contributed by atoms with van der Waals surface area (Å²) in [6, 6.07) is 0.00146. The van der Waals surface area contributed by atoms with Crippen LogP contribution < -0.4 is 5.73 Å². The monoisotopic (exact) mass is 242 g/mol. The molecule has 0 aromatic carbocycles. The third kappa shape index (κ3) is 5.04. The molecule has 100 valence electrons. The van der Waals surface area contributed by atoms with Crippen LogP contribution in [0, 0.1) is 0 Å². The Morgan fingerprint density at radius 2 is 2.18 bits per heavy atom. The van der Waals surface area contributed by atoms with E-state index >= 15 is 0 Å². The van der Waals surface area contributed by atoms with Crippen LogP contribution in [0.2, 0.25) is 0 Å². The molecule has 0 radical (unpaired) electrons. The molecule has 0 aromatic heterocycles. The van der Waals surface area contributed by atoms with Crippen LogP contribution in [0.4, 0.5) is 0 Å². The molecule has 17 heavy (non-hydrogen) atoms. The second-order valence-corrected chi connectivity index (χ2v) is 4.65. The minimum Gasteiger partial charge on any atom is -0.465 e. The lowest BCUT2D eigenvalue weighted by molar-refractivity contribution is -0.150. The molecule has 1 rings (SSSR count). The maximum absolute atomic E-state index is 11.8. The average molecular weight is 242 g/mol. The summed E-state index contributed by atoms with van der Waals surface area (Å²) in [6.45, 7) is 5.15. The highest BCUT2D eigenvalue weighted by Crippen LogP contribution is 2.18. The van der Waals surface area contributed by atoms with E-state index in [1.54, 1.807) is 0 Å². The van der Waals surface area contributed by atoms with Gasteiger partial charge in [-0.25, -0.2) is 0 Å². The molecule has 1 heterocycles. The molecule has 1 aliphatic rings. The van der Waals surface area contributed by atoms with Crippen molar-refractivity contribution in [2.75, 3.05) is 26.2 Å². The quantitative estimate of drug-likeness (QED) is 0.543. The topological polar surface area (TPSA) is 55.6 Å². The van der Waals surface area contributed by atoms with Gasteiger partial charge in [0.1, 0.15) is 6.04 Å². The van der Waals surface area contributed by atoms with Crippen molar-refractivity contribution >= 4 is 5.97 Å². The van der Waals surface area contributed by atoms with E-state index in [-0.39, 0.29) is 12.0 Å². The standard InChI is InChI=1S/C13H26N2O2/c1-2-17-13(16)12-8-4-7-11-15(12)10-6-3-5-9-14/h12H,2-11,14H2,1H3. The molecule has 1 saturated heterocycles. The number of nitrogens with zero attached hydrogens (tertiary/aromatic N) is 1. The van der Waals surface area contributed by atoms with Crippen molar-refractivity contribution in [3.8, 4) is 0 Å². The fourth-order valence-electron chi connectivity index (χ4n) is 2.40. The van der Waals surface area contributed by atoms with Gasteiger partial charge in [-0.1, -0.05) is 12.8 Å². The van der Waals surface area contributed by atoms with Crippen LogP contribution in [0.25, 0.3) is 0 Å². The average Bonchev–Trinajstić information content (AvgIpc) is 2.35. The van der Waals surface area contributed by atoms with E-state index in [9.17, 15) is 4.79 Å². The van der Waals surface area contributed by atoms with Crippen molar-refractivity contribution < 1.29 is 9.53 Å². The Labute approximate surface area is 104 Å². The SMILES string of the molecule is CCOC(=O)C1CCCCN1CCCCCN. The highest BCUT2D eigenvalue weighted by molar-refractivity contribution is 5.75. The van der Waals surface area contributed by atoms with Crippen molar-refractivity contribution in [3.63, 3.8) is 0 Å². The molecule has 0 bridgehead atoms. The second-order valence-electron chi connectivity index (χ2n) is 4.65. The van der Waals surface area contributed by atoms with Crippen LogP contribution >= 0.6 is 0 Å². The maximum atomic E-state index is 11.8. The summed E-state index contributed by atoms with van der Waals surface area (Å²) in [5, 5.41) is 0. The van der Waals surface area contributed by atoms with Crippen LogP contribution in [-0.2, 0) is 9.53 Å². The largest absolute Gasteiger partial charge is 0.465 e. The van der Waals surface area contributed by atoms with E-state index in [0.717, 1.165) is 51.7 Å². The van der Waals surface area contributed by atoms with Crippen LogP contribution in [0.15, 0.2) is 0 Å². The summed E-state index contributed by atoms with van der Waals surface area (Å²) in [7, 11) is 0. The number of hydrogen-bond acceptors (Lipinski definition) is 4. The van der Waals surface area contributed by atoms with Crippen molar-refractivity contribution in [2.45, 2.75) is 51.5 Å². The molecule has 1 aliphatic heterocycles. The second kappa shape index (κ2) is 8.48. The lowest BCUT2D eigenvalue weighted by atomic mass is 10.0. The number of likely N-dealkylation sites (tertiary alicyclic amines) is 1. The molecule has 2 N–H and O–H groups in total. The molecule has 0 amide bonds. The molecule has 0 aliphatic carbocycles. The number of carbonyl (C=O) groups excluding carboxylic acids is 1. The van der Waals surface area contributed by atoms with Gasteiger partial charge >= 0.3 is 5.97 Å². The molecular weight excluding hydrogens is 216 g/mol. The van der Waals surface area contributed by atoms with Gasteiger partial charge in [0.05, 0.1) is 6.61 Å². The summed E-state index contributed by atoms with van der Waals surface area (Å²) in [4.78, 5) is 14.1. The molecule has 0 saturated carbocycles. The van der Waals surface area contributed by atoms with E-state index in [4.69, 9.17) is 10.5 Å². The van der Waals surface area contributed by atoms with Crippen molar-refractivity contribution in [1.82, 2.24) is 4.90 Å². The Bertz CT molecular complexity index is 221. The molecule has 4 heteroatoms. The number of piperidine rings is 1. The summed E-state index contributed by atoms with van der Waals surface area (Å²) < 4.78 is 5.14. The minimum absolute atomic E-state index is 0.00146. The van der Waals surface area contributed by atoms with Crippen molar-refractivity contribution in [2.24, 2.45) is 5.73 Å². The first-order valence-electron chi connectivity index (χ1n) is 6.90. The van der Waals surface area contributed by atoms with Gasteiger partial charge in [0.2, 0.25) is 0 Å². The zero-order chi connectivity index (χ0) is 12.5. The van der Waals surface area contributed by atoms with E-state index in [1.807, 2.05) is 6.92 Å². The van der Waals surface area contributed by atoms with Gasteiger partial charge in [-0.2, -0.15) is 0 Å². The van der Waals surface area contributed by atoms with Gasteiger partial charge in [0.25, 0.3) is 0 Å². The lowest BCUT2D eigenvalue weighted by Crippen LogP contribution is -2.45.